The third-order valence-corrected chi connectivity index (χ3v) is 1.65. The van der Waals surface area contributed by atoms with Gasteiger partial charge in [0, 0.05) is 6.04 Å². The van der Waals surface area contributed by atoms with Crippen LogP contribution in [0.25, 0.3) is 0 Å². The first-order valence-electron chi connectivity index (χ1n) is 3.15. The van der Waals surface area contributed by atoms with Gasteiger partial charge in [-0.05, 0) is 12.8 Å². The molecule has 1 aliphatic carbocycles. The topological polar surface area (TPSA) is 121 Å². The fraction of sp³-hybridized carbons (Fsp3) is 1.00. The molecule has 0 aromatic heterocycles. The Morgan fingerprint density at radius 1 is 0.909 bits per heavy atom. The van der Waals surface area contributed by atoms with Crippen molar-refractivity contribution in [2.24, 2.45) is 5.73 Å². The Kier molecular flexibility index (Phi) is 26.9. The van der Waals surface area contributed by atoms with E-state index < -0.39 is 0 Å². The van der Waals surface area contributed by atoms with Crippen LogP contribution in [-0.2, 0) is 21.1 Å². The first-order chi connectivity index (χ1) is 3.39. The largest absolute Gasteiger partial charge is 2.00 e. The summed E-state index contributed by atoms with van der Waals surface area (Å²) in [6.45, 7) is 0. The maximum Gasteiger partial charge on any atom is 2.00 e. The van der Waals surface area contributed by atoms with E-state index in [0.717, 1.165) is 0 Å². The summed E-state index contributed by atoms with van der Waals surface area (Å²) >= 11 is 0. The zero-order valence-electron chi connectivity index (χ0n) is 6.61. The average Bonchev–Trinajstić information content (AvgIpc) is 1.69. The smallest absolute Gasteiger partial charge is 0.870 e. The molecule has 1 fully saturated rings. The van der Waals surface area contributed by atoms with Gasteiger partial charge >= 0.3 is 21.1 Å². The first-order valence-corrected chi connectivity index (χ1v) is 3.15. The van der Waals surface area contributed by atoms with Crippen molar-refractivity contribution in [3.63, 3.8) is 0 Å². The van der Waals surface area contributed by atoms with Crippen molar-refractivity contribution in [1.82, 2.24) is 6.15 Å². The quantitative estimate of drug-likeness (QED) is 0.682. The minimum Gasteiger partial charge on any atom is -0.870 e. The van der Waals surface area contributed by atoms with Crippen molar-refractivity contribution < 1.29 is 32.0 Å². The molecule has 0 heterocycles. The van der Waals surface area contributed by atoms with Crippen molar-refractivity contribution in [1.29, 1.82) is 0 Å². The van der Waals surface area contributed by atoms with Gasteiger partial charge in [0.1, 0.15) is 0 Å². The van der Waals surface area contributed by atoms with Gasteiger partial charge in [0.25, 0.3) is 0 Å². The molecule has 1 rings (SSSR count). The second-order valence-electron chi connectivity index (χ2n) is 2.40. The molecule has 0 amide bonds. The summed E-state index contributed by atoms with van der Waals surface area (Å²) in [5, 5.41) is 0. The Hall–Kier alpha value is 0.528. The summed E-state index contributed by atoms with van der Waals surface area (Å²) in [6, 6.07) is 0.536. The van der Waals surface area contributed by atoms with Gasteiger partial charge in [0.2, 0.25) is 0 Å². The molecule has 0 saturated heterocycles. The molecule has 0 aliphatic heterocycles. The van der Waals surface area contributed by atoms with Crippen LogP contribution >= 0.6 is 0 Å². The molecule has 0 radical (unpaired) electrons. The molecule has 7 N–H and O–H groups in total. The van der Waals surface area contributed by atoms with Gasteiger partial charge in [0.15, 0.2) is 0 Å². The number of hydrogen-bond acceptors (Lipinski definition) is 4. The van der Waals surface area contributed by atoms with Gasteiger partial charge in [-0.25, -0.2) is 0 Å². The van der Waals surface area contributed by atoms with Crippen LogP contribution in [0.15, 0.2) is 0 Å². The van der Waals surface area contributed by atoms with Crippen molar-refractivity contribution in [2.45, 2.75) is 38.1 Å². The van der Waals surface area contributed by atoms with Crippen molar-refractivity contribution in [3.05, 3.63) is 0 Å². The van der Waals surface area contributed by atoms with E-state index in [1.807, 2.05) is 0 Å². The van der Waals surface area contributed by atoms with Gasteiger partial charge in [-0.3, -0.25) is 0 Å². The fourth-order valence-electron chi connectivity index (χ4n) is 1.13. The van der Waals surface area contributed by atoms with Gasteiger partial charge in [-0.1, -0.05) is 19.3 Å². The van der Waals surface area contributed by atoms with Crippen molar-refractivity contribution in [3.8, 4) is 0 Å². The number of rotatable bonds is 0. The Bertz CT molecular complexity index is 60.5. The minimum atomic E-state index is 0. The molecular weight excluding hydrogens is 327 g/mol. The van der Waals surface area contributed by atoms with E-state index in [0.29, 0.717) is 6.04 Å². The summed E-state index contributed by atoms with van der Waals surface area (Å²) in [5.74, 6) is 0. The molecule has 0 unspecified atom stereocenters. The van der Waals surface area contributed by atoms with Gasteiger partial charge < -0.3 is 22.8 Å². The number of nitrogens with two attached hydrogens (primary N) is 1. The maximum atomic E-state index is 5.63. The van der Waals surface area contributed by atoms with Crippen LogP contribution in [-0.4, -0.2) is 17.0 Å². The summed E-state index contributed by atoms with van der Waals surface area (Å²) in [4.78, 5) is 0. The minimum absolute atomic E-state index is 0. The summed E-state index contributed by atoms with van der Waals surface area (Å²) in [5.41, 5.74) is 5.63. The molecule has 5 heteroatoms. The normalized spacial score (nSPS) is 16.1. The molecule has 1 saturated carbocycles. The fourth-order valence-corrected chi connectivity index (χ4v) is 1.13. The van der Waals surface area contributed by atoms with Gasteiger partial charge in [-0.2, -0.15) is 0 Å². The molecular formula is C6H18N2O2Pt. The predicted molar refractivity (Wildman–Crippen MR) is 40.0 cm³/mol. The molecule has 11 heavy (non-hydrogen) atoms. The standard InChI is InChI=1S/C6H13N.H3N.2H2O.Pt/c7-6-4-2-1-3-5-6;;;;/h6H,1-5,7H2;1H3;2*1H2;/q;;;;+2/p-2. The van der Waals surface area contributed by atoms with E-state index in [-0.39, 0.29) is 38.2 Å². The second-order valence-corrected chi connectivity index (χ2v) is 2.40. The molecule has 0 atom stereocenters. The Labute approximate surface area is 82.4 Å². The average molecular weight is 345 g/mol. The molecule has 1 aliphatic rings. The van der Waals surface area contributed by atoms with E-state index in [4.69, 9.17) is 5.73 Å². The summed E-state index contributed by atoms with van der Waals surface area (Å²) in [6.07, 6.45) is 6.66. The van der Waals surface area contributed by atoms with Gasteiger partial charge in [-0.15, -0.1) is 0 Å². The Balaban J connectivity index is -0.0000000612. The van der Waals surface area contributed by atoms with Gasteiger partial charge in [0.05, 0.1) is 0 Å². The van der Waals surface area contributed by atoms with Crippen LogP contribution in [0.2, 0.25) is 0 Å². The Morgan fingerprint density at radius 2 is 1.27 bits per heavy atom. The zero-order chi connectivity index (χ0) is 5.11. The van der Waals surface area contributed by atoms with Crippen LogP contribution in [0, 0.1) is 0 Å². The molecule has 4 nitrogen and oxygen atoms in total. The van der Waals surface area contributed by atoms with Crippen LogP contribution in [0.4, 0.5) is 0 Å². The van der Waals surface area contributed by atoms with Crippen LogP contribution in [0.5, 0.6) is 0 Å². The van der Waals surface area contributed by atoms with Crippen LogP contribution in [0.1, 0.15) is 32.1 Å². The monoisotopic (exact) mass is 345 g/mol. The Morgan fingerprint density at radius 3 is 1.45 bits per heavy atom. The summed E-state index contributed by atoms with van der Waals surface area (Å²) in [7, 11) is 0. The van der Waals surface area contributed by atoms with Crippen molar-refractivity contribution in [2.75, 3.05) is 0 Å². The van der Waals surface area contributed by atoms with E-state index >= 15 is 0 Å². The predicted octanol–water partition coefficient (Wildman–Crippen LogP) is 1.08. The second kappa shape index (κ2) is 13.1. The number of hydrogen-bond donors (Lipinski definition) is 2. The summed E-state index contributed by atoms with van der Waals surface area (Å²) < 4.78 is 0. The zero-order valence-corrected chi connectivity index (χ0v) is 8.88. The molecule has 0 aromatic carbocycles. The molecule has 0 spiro atoms. The molecule has 0 aromatic rings. The van der Waals surface area contributed by atoms with E-state index in [2.05, 4.69) is 0 Å². The van der Waals surface area contributed by atoms with E-state index in [1.54, 1.807) is 0 Å². The van der Waals surface area contributed by atoms with Crippen molar-refractivity contribution >= 4 is 0 Å². The SMILES string of the molecule is N.NC1CCCCC1.[OH-].[OH-].[Pt+2]. The molecule has 74 valence electrons. The third kappa shape index (κ3) is 10.5. The van der Waals surface area contributed by atoms with E-state index in [1.165, 1.54) is 32.1 Å². The first kappa shape index (κ1) is 22.5. The van der Waals surface area contributed by atoms with E-state index in [9.17, 15) is 0 Å². The molecule has 0 bridgehead atoms. The van der Waals surface area contributed by atoms with Crippen LogP contribution in [0.3, 0.4) is 0 Å². The maximum absolute atomic E-state index is 5.63. The van der Waals surface area contributed by atoms with Crippen LogP contribution < -0.4 is 11.9 Å². The third-order valence-electron chi connectivity index (χ3n) is 1.65.